The van der Waals surface area contributed by atoms with Crippen LogP contribution in [0.5, 0.6) is 0 Å². The number of nitrogens with one attached hydrogen (secondary N) is 1. The molecule has 1 atom stereocenters. The Morgan fingerprint density at radius 2 is 2.05 bits per heavy atom. The van der Waals surface area contributed by atoms with Gasteiger partial charge in [0.25, 0.3) is 0 Å². The molecule has 1 N–H and O–H groups in total. The van der Waals surface area contributed by atoms with Crippen LogP contribution in [-0.4, -0.2) is 13.1 Å². The highest BCUT2D eigenvalue weighted by atomic mass is 16.5. The first-order chi connectivity index (χ1) is 9.29. The average Bonchev–Trinajstić information content (AvgIpc) is 2.97. The lowest BCUT2D eigenvalue weighted by atomic mass is 10.0. The molecular weight excluding hydrogens is 242 g/mol. The van der Waals surface area contributed by atoms with E-state index >= 15 is 0 Å². The summed E-state index contributed by atoms with van der Waals surface area (Å²) in [7, 11) is 1.40. The van der Waals surface area contributed by atoms with Crippen LogP contribution in [0.25, 0.3) is 0 Å². The molecule has 1 aromatic carbocycles. The molecule has 0 radical (unpaired) electrons. The van der Waals surface area contributed by atoms with E-state index in [0.29, 0.717) is 13.0 Å². The molecule has 100 valence electrons. The minimum absolute atomic E-state index is 0.0845. The molecule has 0 amide bonds. The maximum absolute atomic E-state index is 11.5. The summed E-state index contributed by atoms with van der Waals surface area (Å²) in [6.45, 7) is 0.573. The van der Waals surface area contributed by atoms with Gasteiger partial charge in [-0.1, -0.05) is 30.3 Å². The predicted molar refractivity (Wildman–Crippen MR) is 71.4 cm³/mol. The van der Waals surface area contributed by atoms with Crippen molar-refractivity contribution in [2.24, 2.45) is 0 Å². The molecule has 1 heterocycles. The molecule has 4 nitrogen and oxygen atoms in total. The van der Waals surface area contributed by atoms with E-state index in [9.17, 15) is 4.79 Å². The van der Waals surface area contributed by atoms with Gasteiger partial charge in [-0.05, 0) is 17.7 Å². The molecule has 0 saturated carbocycles. The zero-order valence-electron chi connectivity index (χ0n) is 10.8. The zero-order valence-corrected chi connectivity index (χ0v) is 10.8. The summed E-state index contributed by atoms with van der Waals surface area (Å²) in [6.07, 6.45) is 1.93. The van der Waals surface area contributed by atoms with Crippen LogP contribution in [0.4, 0.5) is 0 Å². The Bertz CT molecular complexity index is 493. The Kier molecular flexibility index (Phi) is 4.75. The zero-order chi connectivity index (χ0) is 13.5. The van der Waals surface area contributed by atoms with Crippen molar-refractivity contribution in [1.82, 2.24) is 5.32 Å². The van der Waals surface area contributed by atoms with E-state index in [-0.39, 0.29) is 12.0 Å². The summed E-state index contributed by atoms with van der Waals surface area (Å²) in [4.78, 5) is 11.5. The third kappa shape index (κ3) is 3.96. The quantitative estimate of drug-likeness (QED) is 0.810. The third-order valence-electron chi connectivity index (χ3n) is 2.90. The summed E-state index contributed by atoms with van der Waals surface area (Å²) in [5.41, 5.74) is 1.06. The number of carbonyl (C=O) groups excluding carboxylic acids is 1. The molecule has 0 aliphatic rings. The van der Waals surface area contributed by atoms with Gasteiger partial charge in [0.2, 0.25) is 0 Å². The number of methoxy groups -OCH3 is 1. The molecule has 0 saturated heterocycles. The third-order valence-corrected chi connectivity index (χ3v) is 2.90. The molecular formula is C15H17NO3. The van der Waals surface area contributed by atoms with Crippen molar-refractivity contribution in [1.29, 1.82) is 0 Å². The lowest BCUT2D eigenvalue weighted by Gasteiger charge is -2.17. The fourth-order valence-electron chi connectivity index (χ4n) is 1.88. The van der Waals surface area contributed by atoms with Crippen LogP contribution >= 0.6 is 0 Å². The van der Waals surface area contributed by atoms with E-state index in [1.54, 1.807) is 6.26 Å². The van der Waals surface area contributed by atoms with Crippen LogP contribution in [0.15, 0.2) is 53.1 Å². The lowest BCUT2D eigenvalue weighted by molar-refractivity contribution is -0.141. The Balaban J connectivity index is 2.03. The number of ether oxygens (including phenoxy) is 1. The van der Waals surface area contributed by atoms with Gasteiger partial charge in [0.05, 0.1) is 26.3 Å². The first-order valence-electron chi connectivity index (χ1n) is 6.17. The van der Waals surface area contributed by atoms with E-state index in [1.807, 2.05) is 42.5 Å². The number of benzene rings is 1. The molecule has 0 aliphatic carbocycles. The van der Waals surface area contributed by atoms with E-state index in [0.717, 1.165) is 11.3 Å². The van der Waals surface area contributed by atoms with E-state index in [4.69, 9.17) is 9.15 Å². The van der Waals surface area contributed by atoms with Crippen molar-refractivity contribution < 1.29 is 13.9 Å². The van der Waals surface area contributed by atoms with Crippen molar-refractivity contribution in [2.45, 2.75) is 19.0 Å². The van der Waals surface area contributed by atoms with Crippen molar-refractivity contribution >= 4 is 5.97 Å². The molecule has 0 aliphatic heterocycles. The molecule has 0 fully saturated rings. The molecule has 19 heavy (non-hydrogen) atoms. The van der Waals surface area contributed by atoms with E-state index in [2.05, 4.69) is 5.32 Å². The summed E-state index contributed by atoms with van der Waals surface area (Å²) < 4.78 is 10.0. The number of rotatable bonds is 6. The van der Waals surface area contributed by atoms with Gasteiger partial charge in [0.15, 0.2) is 0 Å². The minimum Gasteiger partial charge on any atom is -0.469 e. The Morgan fingerprint density at radius 3 is 2.68 bits per heavy atom. The second-order valence-electron chi connectivity index (χ2n) is 4.20. The van der Waals surface area contributed by atoms with Crippen molar-refractivity contribution in [2.75, 3.05) is 7.11 Å². The van der Waals surface area contributed by atoms with Crippen molar-refractivity contribution in [3.8, 4) is 0 Å². The van der Waals surface area contributed by atoms with Crippen molar-refractivity contribution in [3.63, 3.8) is 0 Å². The highest BCUT2D eigenvalue weighted by Gasteiger charge is 2.16. The maximum atomic E-state index is 11.5. The number of furan rings is 1. The number of carbonyl (C=O) groups is 1. The minimum atomic E-state index is -0.235. The maximum Gasteiger partial charge on any atom is 0.307 e. The largest absolute Gasteiger partial charge is 0.469 e. The predicted octanol–water partition coefficient (Wildman–Crippen LogP) is 2.67. The molecule has 1 unspecified atom stereocenters. The summed E-state index contributed by atoms with van der Waals surface area (Å²) in [6, 6.07) is 13.5. The van der Waals surface area contributed by atoms with Gasteiger partial charge < -0.3 is 14.5 Å². The van der Waals surface area contributed by atoms with Gasteiger partial charge in [-0.2, -0.15) is 0 Å². The Hall–Kier alpha value is -2.07. The molecule has 1 aromatic heterocycles. The fraction of sp³-hybridized carbons (Fsp3) is 0.267. The second-order valence-corrected chi connectivity index (χ2v) is 4.20. The van der Waals surface area contributed by atoms with Gasteiger partial charge in [-0.25, -0.2) is 0 Å². The first-order valence-corrected chi connectivity index (χ1v) is 6.17. The van der Waals surface area contributed by atoms with Crippen LogP contribution in [0.3, 0.4) is 0 Å². The summed E-state index contributed by atoms with van der Waals surface area (Å²) in [5, 5.41) is 3.31. The molecule has 0 bridgehead atoms. The normalized spacial score (nSPS) is 12.1. The molecule has 4 heteroatoms. The monoisotopic (exact) mass is 259 g/mol. The smallest absolute Gasteiger partial charge is 0.307 e. The van der Waals surface area contributed by atoms with E-state index < -0.39 is 0 Å². The van der Waals surface area contributed by atoms with Gasteiger partial charge in [0, 0.05) is 6.04 Å². The topological polar surface area (TPSA) is 51.5 Å². The number of hydrogen-bond acceptors (Lipinski definition) is 4. The highest BCUT2D eigenvalue weighted by molar-refractivity contribution is 5.70. The van der Waals surface area contributed by atoms with Crippen LogP contribution in [-0.2, 0) is 16.1 Å². The van der Waals surface area contributed by atoms with Gasteiger partial charge >= 0.3 is 5.97 Å². The molecule has 2 rings (SSSR count). The number of esters is 1. The standard InChI is InChI=1S/C15H17NO3/c1-18-15(17)10-14(12-6-3-2-4-7-12)16-11-13-8-5-9-19-13/h2-9,14,16H,10-11H2,1H3. The van der Waals surface area contributed by atoms with E-state index in [1.165, 1.54) is 7.11 Å². The summed E-state index contributed by atoms with van der Waals surface area (Å²) >= 11 is 0. The van der Waals surface area contributed by atoms with Gasteiger partial charge in [0.1, 0.15) is 5.76 Å². The number of hydrogen-bond donors (Lipinski definition) is 1. The lowest BCUT2D eigenvalue weighted by Crippen LogP contribution is -2.24. The second kappa shape index (κ2) is 6.75. The fourth-order valence-corrected chi connectivity index (χ4v) is 1.88. The Morgan fingerprint density at radius 1 is 1.26 bits per heavy atom. The highest BCUT2D eigenvalue weighted by Crippen LogP contribution is 2.18. The first kappa shape index (κ1) is 13.4. The van der Waals surface area contributed by atoms with Crippen LogP contribution in [0, 0.1) is 0 Å². The molecule has 0 spiro atoms. The average molecular weight is 259 g/mol. The molecule has 2 aromatic rings. The Labute approximate surface area is 112 Å². The summed E-state index contributed by atoms with van der Waals surface area (Å²) in [5.74, 6) is 0.603. The van der Waals surface area contributed by atoms with Crippen LogP contribution < -0.4 is 5.32 Å². The van der Waals surface area contributed by atoms with Crippen LogP contribution in [0.2, 0.25) is 0 Å². The van der Waals surface area contributed by atoms with Crippen LogP contribution in [0.1, 0.15) is 23.8 Å². The SMILES string of the molecule is COC(=O)CC(NCc1ccco1)c1ccccc1. The van der Waals surface area contributed by atoms with Crippen molar-refractivity contribution in [3.05, 3.63) is 60.1 Å². The van der Waals surface area contributed by atoms with Gasteiger partial charge in [-0.3, -0.25) is 4.79 Å². The van der Waals surface area contributed by atoms with Gasteiger partial charge in [-0.15, -0.1) is 0 Å².